The quantitative estimate of drug-likeness (QED) is 0.893. The van der Waals surface area contributed by atoms with Crippen LogP contribution in [0.5, 0.6) is 0 Å². The van der Waals surface area contributed by atoms with Gasteiger partial charge in [0.05, 0.1) is 6.04 Å². The topological polar surface area (TPSA) is 61.6 Å². The molecule has 0 aromatic carbocycles. The summed E-state index contributed by atoms with van der Waals surface area (Å²) >= 11 is 0. The number of aryl methyl sites for hydroxylation is 1. The van der Waals surface area contributed by atoms with Crippen molar-refractivity contribution in [2.75, 3.05) is 5.32 Å². The Morgan fingerprint density at radius 1 is 1.22 bits per heavy atom. The monoisotopic (exact) mass is 238 g/mol. The molecule has 0 aliphatic rings. The Balaban J connectivity index is 2.18. The fourth-order valence-corrected chi connectivity index (χ4v) is 1.68. The smallest absolute Gasteiger partial charge is 0.145 e. The van der Waals surface area contributed by atoms with Crippen molar-refractivity contribution in [3.8, 4) is 6.07 Å². The average Bonchev–Trinajstić information content (AvgIpc) is 2.42. The molecule has 0 unspecified atom stereocenters. The maximum atomic E-state index is 8.95. The van der Waals surface area contributed by atoms with Gasteiger partial charge >= 0.3 is 0 Å². The molecular formula is C14H14N4. The molecule has 0 aliphatic heterocycles. The van der Waals surface area contributed by atoms with Crippen molar-refractivity contribution >= 4 is 5.82 Å². The number of aromatic nitrogens is 2. The SMILES string of the molecule is Cc1ccc(N[C@@H](C)c2ccncc2)nc1C#N. The first-order chi connectivity index (χ1) is 8.70. The zero-order valence-corrected chi connectivity index (χ0v) is 10.4. The van der Waals surface area contributed by atoms with E-state index in [1.807, 2.05) is 38.1 Å². The Hall–Kier alpha value is -2.41. The predicted octanol–water partition coefficient (Wildman–Crippen LogP) is 2.83. The van der Waals surface area contributed by atoms with Gasteiger partial charge in [-0.1, -0.05) is 6.07 Å². The number of hydrogen-bond acceptors (Lipinski definition) is 4. The summed E-state index contributed by atoms with van der Waals surface area (Å²) in [6.45, 7) is 3.92. The van der Waals surface area contributed by atoms with Crippen LogP contribution in [0.1, 0.15) is 29.8 Å². The van der Waals surface area contributed by atoms with E-state index in [9.17, 15) is 0 Å². The van der Waals surface area contributed by atoms with E-state index in [-0.39, 0.29) is 6.04 Å². The summed E-state index contributed by atoms with van der Waals surface area (Å²) in [5.74, 6) is 0.710. The van der Waals surface area contributed by atoms with Crippen LogP contribution in [0.15, 0.2) is 36.7 Å². The molecule has 90 valence electrons. The van der Waals surface area contributed by atoms with Gasteiger partial charge < -0.3 is 5.32 Å². The Bertz CT molecular complexity index is 572. The number of pyridine rings is 2. The van der Waals surface area contributed by atoms with E-state index in [2.05, 4.69) is 21.4 Å². The Labute approximate surface area is 106 Å². The van der Waals surface area contributed by atoms with Gasteiger partial charge in [0.25, 0.3) is 0 Å². The molecule has 2 aromatic heterocycles. The largest absolute Gasteiger partial charge is 0.364 e. The minimum atomic E-state index is 0.120. The van der Waals surface area contributed by atoms with Gasteiger partial charge in [0.2, 0.25) is 0 Å². The fourth-order valence-electron chi connectivity index (χ4n) is 1.68. The summed E-state index contributed by atoms with van der Waals surface area (Å²) < 4.78 is 0. The summed E-state index contributed by atoms with van der Waals surface area (Å²) in [6.07, 6.45) is 3.52. The molecule has 2 heterocycles. The molecule has 2 aromatic rings. The van der Waals surface area contributed by atoms with Crippen LogP contribution in [0.2, 0.25) is 0 Å². The van der Waals surface area contributed by atoms with Crippen molar-refractivity contribution in [2.24, 2.45) is 0 Å². The van der Waals surface area contributed by atoms with Crippen LogP contribution < -0.4 is 5.32 Å². The van der Waals surface area contributed by atoms with Crippen LogP contribution >= 0.6 is 0 Å². The number of anilines is 1. The molecular weight excluding hydrogens is 224 g/mol. The van der Waals surface area contributed by atoms with Crippen LogP contribution in [0.4, 0.5) is 5.82 Å². The fraction of sp³-hybridized carbons (Fsp3) is 0.214. The first kappa shape index (κ1) is 12.1. The molecule has 1 N–H and O–H groups in total. The molecule has 0 radical (unpaired) electrons. The Morgan fingerprint density at radius 3 is 2.61 bits per heavy atom. The number of nitrogens with one attached hydrogen (secondary N) is 1. The van der Waals surface area contributed by atoms with Gasteiger partial charge in [0.1, 0.15) is 17.6 Å². The average molecular weight is 238 g/mol. The molecule has 0 aliphatic carbocycles. The number of nitriles is 1. The van der Waals surface area contributed by atoms with E-state index >= 15 is 0 Å². The number of rotatable bonds is 3. The van der Waals surface area contributed by atoms with Crippen molar-refractivity contribution in [3.05, 3.63) is 53.5 Å². The van der Waals surface area contributed by atoms with E-state index in [0.29, 0.717) is 11.5 Å². The van der Waals surface area contributed by atoms with Gasteiger partial charge in [0, 0.05) is 12.4 Å². The maximum absolute atomic E-state index is 8.95. The maximum Gasteiger partial charge on any atom is 0.145 e. The second kappa shape index (κ2) is 5.28. The van der Waals surface area contributed by atoms with Gasteiger partial charge in [-0.05, 0) is 43.2 Å². The minimum absolute atomic E-state index is 0.120. The molecule has 0 saturated heterocycles. The van der Waals surface area contributed by atoms with E-state index in [1.54, 1.807) is 12.4 Å². The van der Waals surface area contributed by atoms with Gasteiger partial charge in [-0.25, -0.2) is 4.98 Å². The van der Waals surface area contributed by atoms with Crippen molar-refractivity contribution in [1.82, 2.24) is 9.97 Å². The normalized spacial score (nSPS) is 11.6. The Morgan fingerprint density at radius 2 is 1.94 bits per heavy atom. The highest BCUT2D eigenvalue weighted by Crippen LogP contribution is 2.18. The minimum Gasteiger partial charge on any atom is -0.364 e. The van der Waals surface area contributed by atoms with Crippen LogP contribution in [-0.2, 0) is 0 Å². The second-order valence-corrected chi connectivity index (χ2v) is 4.12. The predicted molar refractivity (Wildman–Crippen MR) is 70.0 cm³/mol. The highest BCUT2D eigenvalue weighted by Gasteiger charge is 2.07. The van der Waals surface area contributed by atoms with E-state index in [0.717, 1.165) is 11.1 Å². The van der Waals surface area contributed by atoms with Crippen molar-refractivity contribution < 1.29 is 0 Å². The molecule has 0 spiro atoms. The number of nitrogens with zero attached hydrogens (tertiary/aromatic N) is 3. The molecule has 0 amide bonds. The molecule has 0 saturated carbocycles. The van der Waals surface area contributed by atoms with Crippen LogP contribution in [-0.4, -0.2) is 9.97 Å². The van der Waals surface area contributed by atoms with Crippen molar-refractivity contribution in [1.29, 1.82) is 5.26 Å². The van der Waals surface area contributed by atoms with Gasteiger partial charge in [-0.2, -0.15) is 5.26 Å². The lowest BCUT2D eigenvalue weighted by atomic mass is 10.1. The summed E-state index contributed by atoms with van der Waals surface area (Å²) in [5.41, 5.74) is 2.48. The lowest BCUT2D eigenvalue weighted by Crippen LogP contribution is -2.08. The second-order valence-electron chi connectivity index (χ2n) is 4.12. The van der Waals surface area contributed by atoms with Crippen LogP contribution in [0.3, 0.4) is 0 Å². The van der Waals surface area contributed by atoms with Gasteiger partial charge in [-0.15, -0.1) is 0 Å². The summed E-state index contributed by atoms with van der Waals surface area (Å²) in [6, 6.07) is 9.90. The summed E-state index contributed by atoms with van der Waals surface area (Å²) in [7, 11) is 0. The molecule has 4 heteroatoms. The third kappa shape index (κ3) is 2.64. The number of hydrogen-bond donors (Lipinski definition) is 1. The molecule has 1 atom stereocenters. The highest BCUT2D eigenvalue weighted by molar-refractivity contribution is 5.44. The van der Waals surface area contributed by atoms with E-state index in [4.69, 9.17) is 5.26 Å². The molecule has 0 bridgehead atoms. The Kier molecular flexibility index (Phi) is 3.54. The van der Waals surface area contributed by atoms with Gasteiger partial charge in [-0.3, -0.25) is 4.98 Å². The van der Waals surface area contributed by atoms with Crippen molar-refractivity contribution in [3.63, 3.8) is 0 Å². The third-order valence-corrected chi connectivity index (χ3v) is 2.77. The van der Waals surface area contributed by atoms with Gasteiger partial charge in [0.15, 0.2) is 0 Å². The molecule has 2 rings (SSSR count). The highest BCUT2D eigenvalue weighted by atomic mass is 15.0. The zero-order chi connectivity index (χ0) is 13.0. The molecule has 18 heavy (non-hydrogen) atoms. The van der Waals surface area contributed by atoms with Crippen molar-refractivity contribution in [2.45, 2.75) is 19.9 Å². The lowest BCUT2D eigenvalue weighted by molar-refractivity contribution is 0.869. The van der Waals surface area contributed by atoms with E-state index < -0.39 is 0 Å². The third-order valence-electron chi connectivity index (χ3n) is 2.77. The first-order valence-corrected chi connectivity index (χ1v) is 5.75. The standard InChI is InChI=1S/C14H14N4/c1-10-3-4-14(18-13(10)9-15)17-11(2)12-5-7-16-8-6-12/h3-8,11H,1-2H3,(H,17,18)/t11-/m0/s1. The summed E-state index contributed by atoms with van der Waals surface area (Å²) in [4.78, 5) is 8.26. The zero-order valence-electron chi connectivity index (χ0n) is 10.4. The summed E-state index contributed by atoms with van der Waals surface area (Å²) in [5, 5.41) is 12.2. The molecule has 0 fully saturated rings. The van der Waals surface area contributed by atoms with Crippen LogP contribution in [0, 0.1) is 18.3 Å². The first-order valence-electron chi connectivity index (χ1n) is 5.75. The van der Waals surface area contributed by atoms with E-state index in [1.165, 1.54) is 0 Å². The lowest BCUT2D eigenvalue weighted by Gasteiger charge is -2.15. The van der Waals surface area contributed by atoms with Crippen LogP contribution in [0.25, 0.3) is 0 Å². The molecule has 4 nitrogen and oxygen atoms in total.